The Kier molecular flexibility index (Phi) is 5.61. The fraction of sp³-hybridized carbons (Fsp3) is 0.471. The number of esters is 1. The van der Waals surface area contributed by atoms with Crippen molar-refractivity contribution in [1.29, 1.82) is 0 Å². The zero-order valence-corrected chi connectivity index (χ0v) is 12.9. The highest BCUT2D eigenvalue weighted by Crippen LogP contribution is 2.35. The summed E-state index contributed by atoms with van der Waals surface area (Å²) in [6, 6.07) is 6.92. The second kappa shape index (κ2) is 7.66. The zero-order valence-electron chi connectivity index (χ0n) is 12.9. The van der Waals surface area contributed by atoms with Crippen LogP contribution in [0.15, 0.2) is 36.0 Å². The Morgan fingerprint density at radius 2 is 2.14 bits per heavy atom. The minimum absolute atomic E-state index is 0.245. The van der Waals surface area contributed by atoms with E-state index in [1.165, 1.54) is 0 Å². The first-order valence-electron chi connectivity index (χ1n) is 7.68. The van der Waals surface area contributed by atoms with Crippen LogP contribution in [0.3, 0.4) is 0 Å². The summed E-state index contributed by atoms with van der Waals surface area (Å²) >= 11 is 0. The van der Waals surface area contributed by atoms with Crippen molar-refractivity contribution in [3.63, 3.8) is 0 Å². The molecule has 5 heteroatoms. The van der Waals surface area contributed by atoms with Gasteiger partial charge >= 0.3 is 5.97 Å². The number of hydrogen-bond acceptors (Lipinski definition) is 3. The molecule has 5 nitrogen and oxygen atoms in total. The second-order valence-electron chi connectivity index (χ2n) is 5.52. The van der Waals surface area contributed by atoms with E-state index < -0.39 is 0 Å². The van der Waals surface area contributed by atoms with Gasteiger partial charge in [0.2, 0.25) is 0 Å². The first-order chi connectivity index (χ1) is 10.7. The molecule has 1 aromatic carbocycles. The highest BCUT2D eigenvalue weighted by molar-refractivity contribution is 5.90. The number of carbonyl (C=O) groups is 1. The summed E-state index contributed by atoms with van der Waals surface area (Å²) in [6.07, 6.45) is 4.44. The maximum atomic E-state index is 11.8. The van der Waals surface area contributed by atoms with E-state index in [4.69, 9.17) is 10.3 Å². The molecule has 0 amide bonds. The van der Waals surface area contributed by atoms with Crippen LogP contribution in [0, 0.1) is 5.92 Å². The van der Waals surface area contributed by atoms with Crippen LogP contribution in [-0.4, -0.2) is 18.6 Å². The lowest BCUT2D eigenvalue weighted by Gasteiger charge is -2.21. The van der Waals surface area contributed by atoms with Crippen LogP contribution in [0.1, 0.15) is 48.5 Å². The normalized spacial score (nSPS) is 15.9. The third-order valence-electron chi connectivity index (χ3n) is 4.12. The summed E-state index contributed by atoms with van der Waals surface area (Å²) in [5, 5.41) is 3.96. The Bertz CT molecular complexity index is 600. The summed E-state index contributed by atoms with van der Waals surface area (Å²) < 4.78 is 5.02. The van der Waals surface area contributed by atoms with E-state index in [0.29, 0.717) is 18.1 Å². The van der Waals surface area contributed by atoms with Crippen molar-refractivity contribution < 1.29 is 9.53 Å². The number of azide groups is 1. The average molecular weight is 299 g/mol. The summed E-state index contributed by atoms with van der Waals surface area (Å²) in [5.41, 5.74) is 10.9. The van der Waals surface area contributed by atoms with Crippen LogP contribution in [0.25, 0.3) is 16.0 Å². The summed E-state index contributed by atoms with van der Waals surface area (Å²) in [4.78, 5) is 14.8. The second-order valence-corrected chi connectivity index (χ2v) is 5.52. The lowest BCUT2D eigenvalue weighted by Crippen LogP contribution is -2.17. The van der Waals surface area contributed by atoms with Gasteiger partial charge in [0.25, 0.3) is 0 Å². The molecule has 0 bridgehead atoms. The topological polar surface area (TPSA) is 75.1 Å². The molecule has 0 aromatic heterocycles. The van der Waals surface area contributed by atoms with Crippen LogP contribution in [0.2, 0.25) is 0 Å². The van der Waals surface area contributed by atoms with Crippen LogP contribution in [0.5, 0.6) is 0 Å². The number of ether oxygens (including phenoxy) is 1. The molecular weight excluding hydrogens is 278 g/mol. The van der Waals surface area contributed by atoms with Gasteiger partial charge in [-0.2, -0.15) is 0 Å². The minimum Gasteiger partial charge on any atom is -0.462 e. The predicted octanol–water partition coefficient (Wildman–Crippen LogP) is 4.75. The van der Waals surface area contributed by atoms with E-state index in [0.717, 1.165) is 36.8 Å². The van der Waals surface area contributed by atoms with Crippen molar-refractivity contribution in [2.75, 3.05) is 6.61 Å². The molecule has 22 heavy (non-hydrogen) atoms. The van der Waals surface area contributed by atoms with Gasteiger partial charge in [-0.1, -0.05) is 36.7 Å². The number of nitrogens with zero attached hydrogens (tertiary/aromatic N) is 3. The number of hydrogen-bond donors (Lipinski definition) is 0. The van der Waals surface area contributed by atoms with Crippen molar-refractivity contribution in [3.05, 3.63) is 52.4 Å². The van der Waals surface area contributed by atoms with E-state index >= 15 is 0 Å². The summed E-state index contributed by atoms with van der Waals surface area (Å²) in [5.74, 6) is -0.00648. The number of benzene rings is 1. The molecule has 1 aromatic rings. The van der Waals surface area contributed by atoms with Crippen LogP contribution >= 0.6 is 0 Å². The Balaban J connectivity index is 2.24. The molecule has 0 aliphatic heterocycles. The van der Waals surface area contributed by atoms with Gasteiger partial charge in [0.15, 0.2) is 0 Å². The number of rotatable bonds is 6. The SMILES string of the molecule is C=C(c1cccc(C(=O)OCC)c1)C(N=[N+]=[N-])C1CCCC1. The Hall–Kier alpha value is -2.26. The number of carbonyl (C=O) groups excluding carboxylic acids is 1. The van der Waals surface area contributed by atoms with E-state index in [2.05, 4.69) is 16.6 Å². The van der Waals surface area contributed by atoms with Crippen molar-refractivity contribution in [2.24, 2.45) is 11.0 Å². The standard InChI is InChI=1S/C17H21N3O2/c1-3-22-17(21)15-10-6-9-14(11-15)12(2)16(19-20-18)13-7-4-5-8-13/h6,9-11,13,16H,2-5,7-8H2,1H3. The lowest BCUT2D eigenvalue weighted by molar-refractivity contribution is 0.0526. The monoisotopic (exact) mass is 299 g/mol. The molecule has 1 saturated carbocycles. The molecule has 0 radical (unpaired) electrons. The van der Waals surface area contributed by atoms with Gasteiger partial charge < -0.3 is 4.74 Å². The first kappa shape index (κ1) is 16.1. The third kappa shape index (κ3) is 3.68. The van der Waals surface area contributed by atoms with Crippen LogP contribution in [-0.2, 0) is 4.74 Å². The Morgan fingerprint density at radius 1 is 1.45 bits per heavy atom. The lowest BCUT2D eigenvalue weighted by atomic mass is 9.88. The van der Waals surface area contributed by atoms with E-state index in [9.17, 15) is 4.79 Å². The summed E-state index contributed by atoms with van der Waals surface area (Å²) in [7, 11) is 0. The van der Waals surface area contributed by atoms with Crippen LogP contribution < -0.4 is 0 Å². The molecule has 1 aliphatic carbocycles. The third-order valence-corrected chi connectivity index (χ3v) is 4.12. The van der Waals surface area contributed by atoms with E-state index in [1.54, 1.807) is 25.1 Å². The average Bonchev–Trinajstić information content (AvgIpc) is 3.06. The first-order valence-corrected chi connectivity index (χ1v) is 7.68. The molecule has 1 atom stereocenters. The molecule has 0 heterocycles. The summed E-state index contributed by atoms with van der Waals surface area (Å²) in [6.45, 7) is 6.23. The van der Waals surface area contributed by atoms with Gasteiger partial charge in [0.05, 0.1) is 18.2 Å². The molecule has 0 saturated heterocycles. The van der Waals surface area contributed by atoms with Crippen molar-refractivity contribution in [3.8, 4) is 0 Å². The maximum Gasteiger partial charge on any atom is 0.338 e. The predicted molar refractivity (Wildman–Crippen MR) is 86.3 cm³/mol. The molecule has 0 N–H and O–H groups in total. The van der Waals surface area contributed by atoms with Gasteiger partial charge in [-0.15, -0.1) is 0 Å². The molecule has 1 unspecified atom stereocenters. The molecule has 1 fully saturated rings. The van der Waals surface area contributed by atoms with Gasteiger partial charge in [0, 0.05) is 4.91 Å². The molecule has 116 valence electrons. The maximum absolute atomic E-state index is 11.8. The van der Waals surface area contributed by atoms with Crippen molar-refractivity contribution in [2.45, 2.75) is 38.6 Å². The Labute approximate surface area is 130 Å². The van der Waals surface area contributed by atoms with Gasteiger partial charge in [-0.25, -0.2) is 4.79 Å². The highest BCUT2D eigenvalue weighted by Gasteiger charge is 2.27. The van der Waals surface area contributed by atoms with Gasteiger partial charge in [0.1, 0.15) is 0 Å². The van der Waals surface area contributed by atoms with Gasteiger partial charge in [-0.05, 0) is 54.5 Å². The highest BCUT2D eigenvalue weighted by atomic mass is 16.5. The van der Waals surface area contributed by atoms with Crippen molar-refractivity contribution in [1.82, 2.24) is 0 Å². The smallest absolute Gasteiger partial charge is 0.338 e. The Morgan fingerprint density at radius 3 is 2.77 bits per heavy atom. The van der Waals surface area contributed by atoms with Crippen molar-refractivity contribution >= 4 is 11.5 Å². The van der Waals surface area contributed by atoms with Gasteiger partial charge in [-0.3, -0.25) is 0 Å². The fourth-order valence-electron chi connectivity index (χ4n) is 3.01. The zero-order chi connectivity index (χ0) is 15.9. The van der Waals surface area contributed by atoms with Crippen LogP contribution in [0.4, 0.5) is 0 Å². The van der Waals surface area contributed by atoms with E-state index in [1.807, 2.05) is 6.07 Å². The molecule has 2 rings (SSSR count). The molecule has 0 spiro atoms. The van der Waals surface area contributed by atoms with E-state index in [-0.39, 0.29) is 12.0 Å². The largest absolute Gasteiger partial charge is 0.462 e. The molecule has 1 aliphatic rings. The quantitative estimate of drug-likeness (QED) is 0.329. The molecular formula is C17H21N3O2. The minimum atomic E-state index is -0.349. The fourth-order valence-corrected chi connectivity index (χ4v) is 3.01.